The van der Waals surface area contributed by atoms with Crippen molar-refractivity contribution in [3.05, 3.63) is 0 Å². The van der Waals surface area contributed by atoms with Crippen LogP contribution in [0.15, 0.2) is 0 Å². The lowest BCUT2D eigenvalue weighted by Gasteiger charge is -2.28. The molecule has 0 N–H and O–H groups in total. The molecule has 1 aliphatic carbocycles. The van der Waals surface area contributed by atoms with Crippen LogP contribution in [0.4, 0.5) is 4.79 Å². The van der Waals surface area contributed by atoms with Crippen molar-refractivity contribution in [2.75, 3.05) is 20.1 Å². The van der Waals surface area contributed by atoms with E-state index in [-0.39, 0.29) is 6.09 Å². The van der Waals surface area contributed by atoms with Gasteiger partial charge in [-0.1, -0.05) is 0 Å². The topological polar surface area (TPSA) is 32.8 Å². The van der Waals surface area contributed by atoms with Gasteiger partial charge in [0.1, 0.15) is 5.60 Å². The van der Waals surface area contributed by atoms with E-state index in [9.17, 15) is 4.79 Å². The molecule has 1 saturated heterocycles. The zero-order valence-corrected chi connectivity index (χ0v) is 11.4. The highest BCUT2D eigenvalue weighted by Gasteiger charge is 2.37. The van der Waals surface area contributed by atoms with Crippen molar-refractivity contribution >= 4 is 6.09 Å². The van der Waals surface area contributed by atoms with E-state index in [1.807, 2.05) is 27.8 Å². The lowest BCUT2D eigenvalue weighted by molar-refractivity contribution is 0.0228. The third-order valence-electron chi connectivity index (χ3n) is 3.49. The summed E-state index contributed by atoms with van der Waals surface area (Å²) in [5.41, 5.74) is -0.403. The number of rotatable bonds is 2. The van der Waals surface area contributed by atoms with Crippen molar-refractivity contribution in [3.63, 3.8) is 0 Å². The highest BCUT2D eigenvalue weighted by molar-refractivity contribution is 5.68. The fraction of sp³-hybridized carbons (Fsp3) is 0.923. The Morgan fingerprint density at radius 2 is 1.94 bits per heavy atom. The Hall–Kier alpha value is -0.770. The summed E-state index contributed by atoms with van der Waals surface area (Å²) < 4.78 is 5.39. The van der Waals surface area contributed by atoms with Crippen LogP contribution < -0.4 is 0 Å². The molecule has 1 aliphatic heterocycles. The number of carbonyl (C=O) groups excluding carboxylic acids is 1. The lowest BCUT2D eigenvalue weighted by atomic mass is 10.2. The van der Waals surface area contributed by atoms with Gasteiger partial charge in [-0.3, -0.25) is 4.90 Å². The summed E-state index contributed by atoms with van der Waals surface area (Å²) in [7, 11) is 1.86. The molecule has 0 aromatic heterocycles. The van der Waals surface area contributed by atoms with Crippen LogP contribution in [0.1, 0.15) is 40.0 Å². The fourth-order valence-corrected chi connectivity index (χ4v) is 2.34. The number of carbonyl (C=O) groups is 1. The van der Waals surface area contributed by atoms with Crippen molar-refractivity contribution in [2.24, 2.45) is 0 Å². The Bertz CT molecular complexity index is 294. The maximum Gasteiger partial charge on any atom is 0.410 e. The number of hydrogen-bond acceptors (Lipinski definition) is 3. The highest BCUT2D eigenvalue weighted by atomic mass is 16.6. The van der Waals surface area contributed by atoms with Crippen molar-refractivity contribution in [1.29, 1.82) is 0 Å². The predicted octanol–water partition coefficient (Wildman–Crippen LogP) is 2.09. The lowest BCUT2D eigenvalue weighted by Crippen LogP contribution is -2.42. The Morgan fingerprint density at radius 1 is 1.29 bits per heavy atom. The first kappa shape index (κ1) is 12.7. The minimum atomic E-state index is -0.403. The molecule has 1 saturated carbocycles. The quantitative estimate of drug-likeness (QED) is 0.741. The second-order valence-corrected chi connectivity index (χ2v) is 6.26. The molecule has 0 spiro atoms. The Morgan fingerprint density at radius 3 is 2.47 bits per heavy atom. The van der Waals surface area contributed by atoms with Crippen LogP contribution in [-0.4, -0.2) is 53.7 Å². The van der Waals surface area contributed by atoms with E-state index >= 15 is 0 Å². The van der Waals surface area contributed by atoms with Crippen molar-refractivity contribution in [1.82, 2.24) is 9.80 Å². The summed E-state index contributed by atoms with van der Waals surface area (Å²) in [6.07, 6.45) is 3.55. The third kappa shape index (κ3) is 3.35. The first-order valence-corrected chi connectivity index (χ1v) is 6.57. The number of likely N-dealkylation sites (N-methyl/N-ethyl adjacent to an activating group) is 1. The summed E-state index contributed by atoms with van der Waals surface area (Å²) in [6, 6.07) is 1.12. The second-order valence-electron chi connectivity index (χ2n) is 6.26. The predicted molar refractivity (Wildman–Crippen MR) is 67.0 cm³/mol. The fourth-order valence-electron chi connectivity index (χ4n) is 2.34. The maximum absolute atomic E-state index is 11.9. The van der Waals surface area contributed by atoms with Gasteiger partial charge in [0, 0.05) is 32.2 Å². The van der Waals surface area contributed by atoms with Gasteiger partial charge in [-0.2, -0.15) is 0 Å². The molecule has 2 fully saturated rings. The van der Waals surface area contributed by atoms with Gasteiger partial charge >= 0.3 is 6.09 Å². The SMILES string of the molecule is CN(C(=O)OC(C)(C)C)[C@@H]1CCN(C2CC2)C1. The van der Waals surface area contributed by atoms with E-state index < -0.39 is 5.60 Å². The molecule has 0 bridgehead atoms. The van der Waals surface area contributed by atoms with Gasteiger partial charge < -0.3 is 9.64 Å². The Kier molecular flexibility index (Phi) is 3.34. The van der Waals surface area contributed by atoms with Crippen LogP contribution in [0.2, 0.25) is 0 Å². The van der Waals surface area contributed by atoms with Gasteiger partial charge in [0.05, 0.1) is 0 Å². The smallest absolute Gasteiger partial charge is 0.410 e. The molecule has 2 rings (SSSR count). The Labute approximate surface area is 104 Å². The van der Waals surface area contributed by atoms with Gasteiger partial charge in [-0.15, -0.1) is 0 Å². The van der Waals surface area contributed by atoms with Gasteiger partial charge in [0.15, 0.2) is 0 Å². The first-order valence-electron chi connectivity index (χ1n) is 6.57. The van der Waals surface area contributed by atoms with Crippen LogP contribution in [0.3, 0.4) is 0 Å². The number of hydrogen-bond donors (Lipinski definition) is 0. The average Bonchev–Trinajstić information content (AvgIpc) is 2.93. The monoisotopic (exact) mass is 240 g/mol. The maximum atomic E-state index is 11.9. The summed E-state index contributed by atoms with van der Waals surface area (Å²) in [5, 5.41) is 0. The summed E-state index contributed by atoms with van der Waals surface area (Å²) in [5.74, 6) is 0. The van der Waals surface area contributed by atoms with E-state index in [0.29, 0.717) is 6.04 Å². The molecule has 2 aliphatic rings. The highest BCUT2D eigenvalue weighted by Crippen LogP contribution is 2.31. The molecule has 0 unspecified atom stereocenters. The molecule has 98 valence electrons. The number of likely N-dealkylation sites (tertiary alicyclic amines) is 1. The van der Waals surface area contributed by atoms with Crippen molar-refractivity contribution in [3.8, 4) is 0 Å². The molecule has 1 atom stereocenters. The molecule has 1 heterocycles. The van der Waals surface area contributed by atoms with E-state index in [2.05, 4.69) is 4.90 Å². The largest absolute Gasteiger partial charge is 0.444 e. The van der Waals surface area contributed by atoms with Crippen LogP contribution in [0, 0.1) is 0 Å². The molecule has 0 aromatic rings. The summed E-state index contributed by atoms with van der Waals surface area (Å²) in [4.78, 5) is 16.2. The molecular weight excluding hydrogens is 216 g/mol. The number of nitrogens with zero attached hydrogens (tertiary/aromatic N) is 2. The second kappa shape index (κ2) is 4.48. The van der Waals surface area contributed by atoms with Crippen LogP contribution >= 0.6 is 0 Å². The minimum absolute atomic E-state index is 0.194. The normalized spacial score (nSPS) is 26.0. The summed E-state index contributed by atoms with van der Waals surface area (Å²) in [6.45, 7) is 7.86. The van der Waals surface area contributed by atoms with Crippen LogP contribution in [-0.2, 0) is 4.74 Å². The molecule has 0 aromatic carbocycles. The van der Waals surface area contributed by atoms with Crippen LogP contribution in [0.5, 0.6) is 0 Å². The van der Waals surface area contributed by atoms with Gasteiger partial charge in [0.2, 0.25) is 0 Å². The van der Waals surface area contributed by atoms with Gasteiger partial charge in [0.25, 0.3) is 0 Å². The van der Waals surface area contributed by atoms with E-state index in [0.717, 1.165) is 25.6 Å². The van der Waals surface area contributed by atoms with E-state index in [4.69, 9.17) is 4.74 Å². The zero-order valence-electron chi connectivity index (χ0n) is 11.4. The third-order valence-corrected chi connectivity index (χ3v) is 3.49. The van der Waals surface area contributed by atoms with E-state index in [1.54, 1.807) is 4.90 Å². The van der Waals surface area contributed by atoms with Crippen molar-refractivity contribution in [2.45, 2.75) is 57.7 Å². The molecule has 4 nitrogen and oxygen atoms in total. The number of ether oxygens (including phenoxy) is 1. The molecule has 17 heavy (non-hydrogen) atoms. The van der Waals surface area contributed by atoms with E-state index in [1.165, 1.54) is 12.8 Å². The van der Waals surface area contributed by atoms with Crippen LogP contribution in [0.25, 0.3) is 0 Å². The average molecular weight is 240 g/mol. The molecule has 0 radical (unpaired) electrons. The summed E-state index contributed by atoms with van der Waals surface area (Å²) >= 11 is 0. The van der Waals surface area contributed by atoms with Crippen molar-refractivity contribution < 1.29 is 9.53 Å². The first-order chi connectivity index (χ1) is 7.87. The number of amides is 1. The van der Waals surface area contributed by atoms with Gasteiger partial charge in [-0.25, -0.2) is 4.79 Å². The molecular formula is C13H24N2O2. The molecule has 1 amide bonds. The standard InChI is InChI=1S/C13H24N2O2/c1-13(2,3)17-12(16)14(4)11-7-8-15(9-11)10-5-6-10/h10-11H,5-9H2,1-4H3/t11-/m1/s1. The Balaban J connectivity index is 1.83. The zero-order chi connectivity index (χ0) is 12.6. The van der Waals surface area contributed by atoms with Gasteiger partial charge in [-0.05, 0) is 40.0 Å². The molecule has 4 heteroatoms. The minimum Gasteiger partial charge on any atom is -0.444 e.